The van der Waals surface area contributed by atoms with Gasteiger partial charge in [-0.1, -0.05) is 42.5 Å². The number of amides is 1. The summed E-state index contributed by atoms with van der Waals surface area (Å²) in [6.07, 6.45) is 0.373. The Hall–Kier alpha value is -0.870. The summed E-state index contributed by atoms with van der Waals surface area (Å²) in [6.45, 7) is 0. The summed E-state index contributed by atoms with van der Waals surface area (Å²) in [5.41, 5.74) is 6.05. The average Bonchev–Trinajstić information content (AvgIpc) is 2.18. The molecule has 0 saturated carbocycles. The van der Waals surface area contributed by atoms with Gasteiger partial charge in [-0.3, -0.25) is 4.79 Å². The van der Waals surface area contributed by atoms with E-state index in [1.54, 1.807) is 0 Å². The monoisotopic (exact) mass is 225 g/mol. The topological polar surface area (TPSA) is 43.1 Å². The lowest BCUT2D eigenvalue weighted by molar-refractivity contribution is -0.117. The third-order valence-corrected chi connectivity index (χ3v) is 3.09. The molecule has 4 heteroatoms. The molecule has 2 N–H and O–H groups in total. The van der Waals surface area contributed by atoms with Gasteiger partial charge in [0.25, 0.3) is 0 Å². The second-order valence-electron chi connectivity index (χ2n) is 2.72. The Balaban J connectivity index is 2.40. The Morgan fingerprint density at radius 3 is 2.57 bits per heavy atom. The predicted octanol–water partition coefficient (Wildman–Crippen LogP) is 1.97. The van der Waals surface area contributed by atoms with Crippen LogP contribution >= 0.6 is 24.0 Å². The van der Waals surface area contributed by atoms with Crippen LogP contribution in [-0.2, 0) is 4.79 Å². The van der Waals surface area contributed by atoms with E-state index in [-0.39, 0.29) is 5.91 Å². The number of hydrogen-bond acceptors (Lipinski definition) is 3. The highest BCUT2D eigenvalue weighted by molar-refractivity contribution is 8.23. The summed E-state index contributed by atoms with van der Waals surface area (Å²) in [4.78, 5) is 10.5. The van der Waals surface area contributed by atoms with Crippen LogP contribution in [-0.4, -0.2) is 15.9 Å². The van der Waals surface area contributed by atoms with Crippen LogP contribution in [0, 0.1) is 0 Å². The van der Waals surface area contributed by atoms with Gasteiger partial charge in [0.05, 0.1) is 4.20 Å². The number of primary amides is 1. The molecule has 74 valence electrons. The van der Waals surface area contributed by atoms with E-state index in [0.29, 0.717) is 12.2 Å². The quantitative estimate of drug-likeness (QED) is 0.797. The fourth-order valence-electron chi connectivity index (χ4n) is 0.902. The van der Waals surface area contributed by atoms with Gasteiger partial charge in [0.1, 0.15) is 0 Å². The lowest BCUT2D eigenvalue weighted by Gasteiger charge is -2.01. The summed E-state index contributed by atoms with van der Waals surface area (Å²) in [5.74, 6) is 0.372. The molecule has 0 unspecified atom stereocenters. The second-order valence-corrected chi connectivity index (χ2v) is 4.49. The van der Waals surface area contributed by atoms with Crippen LogP contribution in [0.1, 0.15) is 12.0 Å². The Morgan fingerprint density at radius 1 is 1.36 bits per heavy atom. The van der Waals surface area contributed by atoms with E-state index < -0.39 is 0 Å². The van der Waals surface area contributed by atoms with Crippen molar-refractivity contribution in [2.24, 2.45) is 5.73 Å². The van der Waals surface area contributed by atoms with Crippen molar-refractivity contribution in [3.63, 3.8) is 0 Å². The molecule has 0 radical (unpaired) electrons. The molecule has 0 spiro atoms. The number of thiocarbonyl (C=S) groups is 1. The minimum atomic E-state index is -0.284. The normalized spacial score (nSPS) is 9.71. The first-order valence-electron chi connectivity index (χ1n) is 4.20. The number of carbonyl (C=O) groups is 1. The summed E-state index contributed by atoms with van der Waals surface area (Å²) in [7, 11) is 0. The molecule has 0 aliphatic carbocycles. The number of benzene rings is 1. The Kier molecular flexibility index (Phi) is 4.62. The minimum Gasteiger partial charge on any atom is -0.370 e. The van der Waals surface area contributed by atoms with Gasteiger partial charge in [-0.05, 0) is 5.56 Å². The number of rotatable bonds is 4. The molecule has 14 heavy (non-hydrogen) atoms. The standard InChI is InChI=1S/C10H11NOS2/c11-9(12)6-7-14-10(13)8-4-2-1-3-5-8/h1-5H,6-7H2,(H2,11,12). The number of hydrogen-bond donors (Lipinski definition) is 1. The zero-order valence-electron chi connectivity index (χ0n) is 7.60. The zero-order valence-corrected chi connectivity index (χ0v) is 9.24. The molecule has 0 aromatic heterocycles. The summed E-state index contributed by atoms with van der Waals surface area (Å²) >= 11 is 6.67. The maximum atomic E-state index is 10.5. The van der Waals surface area contributed by atoms with Crippen LogP contribution in [0.2, 0.25) is 0 Å². The summed E-state index contributed by atoms with van der Waals surface area (Å²) < 4.78 is 0.812. The number of thioether (sulfide) groups is 1. The van der Waals surface area contributed by atoms with Crippen LogP contribution in [0.3, 0.4) is 0 Å². The Morgan fingerprint density at radius 2 is 2.00 bits per heavy atom. The van der Waals surface area contributed by atoms with Gasteiger partial charge >= 0.3 is 0 Å². The fourth-order valence-corrected chi connectivity index (χ4v) is 2.08. The lowest BCUT2D eigenvalue weighted by Crippen LogP contribution is -2.11. The fraction of sp³-hybridized carbons (Fsp3) is 0.200. The molecule has 1 rings (SSSR count). The summed E-state index contributed by atoms with van der Waals surface area (Å²) in [5, 5.41) is 0. The molecule has 0 atom stereocenters. The van der Waals surface area contributed by atoms with E-state index in [9.17, 15) is 4.79 Å². The first kappa shape index (κ1) is 11.2. The van der Waals surface area contributed by atoms with Crippen LogP contribution in [0.25, 0.3) is 0 Å². The van der Waals surface area contributed by atoms with Gasteiger partial charge in [0.15, 0.2) is 0 Å². The van der Waals surface area contributed by atoms with Crippen LogP contribution in [0.5, 0.6) is 0 Å². The van der Waals surface area contributed by atoms with Crippen molar-refractivity contribution in [3.8, 4) is 0 Å². The van der Waals surface area contributed by atoms with E-state index in [4.69, 9.17) is 18.0 Å². The van der Waals surface area contributed by atoms with Crippen molar-refractivity contribution in [3.05, 3.63) is 35.9 Å². The highest BCUT2D eigenvalue weighted by atomic mass is 32.2. The molecule has 2 nitrogen and oxygen atoms in total. The van der Waals surface area contributed by atoms with Gasteiger partial charge < -0.3 is 5.73 Å². The lowest BCUT2D eigenvalue weighted by atomic mass is 10.2. The minimum absolute atomic E-state index is 0.284. The first-order chi connectivity index (χ1) is 6.70. The smallest absolute Gasteiger partial charge is 0.218 e. The van der Waals surface area contributed by atoms with Gasteiger partial charge in [-0.15, -0.1) is 11.8 Å². The molecular formula is C10H11NOS2. The van der Waals surface area contributed by atoms with Crippen molar-refractivity contribution in [2.45, 2.75) is 6.42 Å². The van der Waals surface area contributed by atoms with Gasteiger partial charge in [0, 0.05) is 12.2 Å². The molecule has 0 bridgehead atoms. The van der Waals surface area contributed by atoms with Crippen molar-refractivity contribution in [1.82, 2.24) is 0 Å². The van der Waals surface area contributed by atoms with Crippen LogP contribution in [0.4, 0.5) is 0 Å². The van der Waals surface area contributed by atoms with Crippen molar-refractivity contribution < 1.29 is 4.79 Å². The third-order valence-electron chi connectivity index (χ3n) is 1.59. The molecule has 1 amide bonds. The largest absolute Gasteiger partial charge is 0.370 e. The molecule has 1 aromatic rings. The molecule has 0 saturated heterocycles. The second kappa shape index (κ2) is 5.78. The molecule has 0 heterocycles. The highest BCUT2D eigenvalue weighted by Gasteiger charge is 2.01. The third kappa shape index (κ3) is 3.89. The van der Waals surface area contributed by atoms with E-state index in [1.165, 1.54) is 11.8 Å². The van der Waals surface area contributed by atoms with Crippen molar-refractivity contribution >= 4 is 34.1 Å². The van der Waals surface area contributed by atoms with Gasteiger partial charge in [0.2, 0.25) is 5.91 Å². The zero-order chi connectivity index (χ0) is 10.4. The maximum Gasteiger partial charge on any atom is 0.218 e. The van der Waals surface area contributed by atoms with Crippen molar-refractivity contribution in [2.75, 3.05) is 5.75 Å². The molecule has 0 aliphatic heterocycles. The number of carbonyl (C=O) groups excluding carboxylic acids is 1. The van der Waals surface area contributed by atoms with E-state index >= 15 is 0 Å². The summed E-state index contributed by atoms with van der Waals surface area (Å²) in [6, 6.07) is 9.74. The van der Waals surface area contributed by atoms with E-state index in [0.717, 1.165) is 9.76 Å². The van der Waals surface area contributed by atoms with Gasteiger partial charge in [-0.25, -0.2) is 0 Å². The molecule has 0 fully saturated rings. The predicted molar refractivity (Wildman–Crippen MR) is 64.4 cm³/mol. The van der Waals surface area contributed by atoms with Crippen LogP contribution < -0.4 is 5.73 Å². The Bertz CT molecular complexity index is 324. The van der Waals surface area contributed by atoms with Crippen LogP contribution in [0.15, 0.2) is 30.3 Å². The number of nitrogens with two attached hydrogens (primary N) is 1. The molecule has 1 aromatic carbocycles. The van der Waals surface area contributed by atoms with Gasteiger partial charge in [-0.2, -0.15) is 0 Å². The molecular weight excluding hydrogens is 214 g/mol. The van der Waals surface area contributed by atoms with Crippen molar-refractivity contribution in [1.29, 1.82) is 0 Å². The van der Waals surface area contributed by atoms with E-state index in [1.807, 2.05) is 30.3 Å². The molecule has 0 aliphatic rings. The first-order valence-corrected chi connectivity index (χ1v) is 5.60. The van der Waals surface area contributed by atoms with E-state index in [2.05, 4.69) is 0 Å². The highest BCUT2D eigenvalue weighted by Crippen LogP contribution is 2.14. The SMILES string of the molecule is NC(=O)CCSC(=S)c1ccccc1. The maximum absolute atomic E-state index is 10.5. The Labute approximate surface area is 92.9 Å². The average molecular weight is 225 g/mol.